The van der Waals surface area contributed by atoms with Gasteiger partial charge in [0.05, 0.1) is 18.6 Å². The molecule has 0 amide bonds. The van der Waals surface area contributed by atoms with Gasteiger partial charge in [0.1, 0.15) is 12.2 Å². The Morgan fingerprint density at radius 2 is 1.96 bits per heavy atom. The van der Waals surface area contributed by atoms with E-state index in [1.807, 2.05) is 0 Å². The lowest BCUT2D eigenvalue weighted by atomic mass is 9.88. The Labute approximate surface area is 148 Å². The SMILES string of the molecule is C=C(C)C(=O)OC1C2CC3COC1C3C2.O=C1OC2CC3CC1C2C3. The molecule has 0 spiro atoms. The van der Waals surface area contributed by atoms with Gasteiger partial charge in [0.15, 0.2) is 0 Å². The summed E-state index contributed by atoms with van der Waals surface area (Å²) in [6.45, 7) is 6.16. The van der Waals surface area contributed by atoms with Crippen LogP contribution in [0.3, 0.4) is 0 Å². The molecule has 6 rings (SSSR count). The molecule has 2 heterocycles. The van der Waals surface area contributed by atoms with Crippen LogP contribution < -0.4 is 0 Å². The largest absolute Gasteiger partial charge is 0.462 e. The summed E-state index contributed by atoms with van der Waals surface area (Å²) in [5.74, 6) is 3.51. The van der Waals surface area contributed by atoms with Gasteiger partial charge in [-0.1, -0.05) is 6.58 Å². The third-order valence-corrected chi connectivity index (χ3v) is 7.41. The predicted octanol–water partition coefficient (Wildman–Crippen LogP) is 2.49. The zero-order chi connectivity index (χ0) is 17.3. The van der Waals surface area contributed by atoms with Crippen LogP contribution in [-0.4, -0.2) is 36.9 Å². The highest BCUT2D eigenvalue weighted by Crippen LogP contribution is 2.55. The lowest BCUT2D eigenvalue weighted by Gasteiger charge is -2.26. The van der Waals surface area contributed by atoms with Gasteiger partial charge >= 0.3 is 11.9 Å². The number of hydrogen-bond acceptors (Lipinski definition) is 5. The number of carbonyl (C=O) groups is 2. The van der Waals surface area contributed by atoms with Crippen molar-refractivity contribution < 1.29 is 23.8 Å². The first-order chi connectivity index (χ1) is 12.0. The molecule has 6 aliphatic rings. The zero-order valence-electron chi connectivity index (χ0n) is 14.7. The van der Waals surface area contributed by atoms with E-state index in [4.69, 9.17) is 14.2 Å². The summed E-state index contributed by atoms with van der Waals surface area (Å²) < 4.78 is 16.4. The quantitative estimate of drug-likeness (QED) is 0.568. The fourth-order valence-electron chi connectivity index (χ4n) is 6.35. The van der Waals surface area contributed by atoms with E-state index in [1.54, 1.807) is 6.92 Å². The highest BCUT2D eigenvalue weighted by atomic mass is 16.6. The molecule has 25 heavy (non-hydrogen) atoms. The molecule has 0 aromatic rings. The lowest BCUT2D eigenvalue weighted by molar-refractivity contribution is -0.152. The van der Waals surface area contributed by atoms with E-state index in [1.165, 1.54) is 19.3 Å². The molecule has 2 saturated heterocycles. The van der Waals surface area contributed by atoms with Crippen LogP contribution in [0.1, 0.15) is 39.0 Å². The van der Waals surface area contributed by atoms with Crippen molar-refractivity contribution in [3.63, 3.8) is 0 Å². The Kier molecular flexibility index (Phi) is 3.53. The second-order valence-electron chi connectivity index (χ2n) is 8.92. The van der Waals surface area contributed by atoms with E-state index in [0.717, 1.165) is 31.3 Å². The van der Waals surface area contributed by atoms with Crippen molar-refractivity contribution in [3.8, 4) is 0 Å². The van der Waals surface area contributed by atoms with E-state index >= 15 is 0 Å². The maximum Gasteiger partial charge on any atom is 0.333 e. The summed E-state index contributed by atoms with van der Waals surface area (Å²) in [4.78, 5) is 22.5. The molecule has 4 aliphatic carbocycles. The monoisotopic (exact) mass is 346 g/mol. The summed E-state index contributed by atoms with van der Waals surface area (Å²) in [5.41, 5.74) is 0.479. The van der Waals surface area contributed by atoms with Crippen molar-refractivity contribution in [3.05, 3.63) is 12.2 Å². The van der Waals surface area contributed by atoms with Crippen molar-refractivity contribution in [1.82, 2.24) is 0 Å². The fourth-order valence-corrected chi connectivity index (χ4v) is 6.35. The third kappa shape index (κ3) is 2.38. The predicted molar refractivity (Wildman–Crippen MR) is 88.3 cm³/mol. The molecule has 0 aromatic carbocycles. The van der Waals surface area contributed by atoms with Crippen LogP contribution in [0.2, 0.25) is 0 Å². The summed E-state index contributed by atoms with van der Waals surface area (Å²) in [6.07, 6.45) is 6.42. The second kappa shape index (κ2) is 5.57. The number of ether oxygens (including phenoxy) is 3. The summed E-state index contributed by atoms with van der Waals surface area (Å²) in [5, 5.41) is 0. The number of carbonyl (C=O) groups excluding carboxylic acids is 2. The van der Waals surface area contributed by atoms with Crippen molar-refractivity contribution in [2.75, 3.05) is 6.61 Å². The molecule has 0 aromatic heterocycles. The average molecular weight is 346 g/mol. The van der Waals surface area contributed by atoms with Crippen LogP contribution >= 0.6 is 0 Å². The van der Waals surface area contributed by atoms with Crippen LogP contribution in [0.15, 0.2) is 12.2 Å². The molecule has 5 heteroatoms. The third-order valence-electron chi connectivity index (χ3n) is 7.41. The standard InChI is InChI=1S/C12H16O3.C8H10O2/c1-6(2)12(13)15-10-7-3-8-5-14-11(10)9(8)4-7;9-8-6-2-4-1-5(6)7(3-4)10-8/h7-11H,1,3-5H2,2H3;4-7H,1-3H2. The van der Waals surface area contributed by atoms with Crippen LogP contribution in [0, 0.1) is 35.5 Å². The number of fused-ring (bicyclic) bond motifs is 2. The van der Waals surface area contributed by atoms with E-state index in [2.05, 4.69) is 6.58 Å². The molecule has 0 radical (unpaired) electrons. The van der Waals surface area contributed by atoms with Gasteiger partial charge in [0.25, 0.3) is 0 Å². The number of rotatable bonds is 2. The van der Waals surface area contributed by atoms with Gasteiger partial charge in [-0.3, -0.25) is 4.79 Å². The minimum Gasteiger partial charge on any atom is -0.462 e. The molecule has 4 saturated carbocycles. The molecule has 6 fully saturated rings. The van der Waals surface area contributed by atoms with E-state index in [-0.39, 0.29) is 24.1 Å². The first-order valence-corrected chi connectivity index (χ1v) is 9.70. The maximum absolute atomic E-state index is 11.5. The maximum atomic E-state index is 11.5. The molecule has 4 bridgehead atoms. The van der Waals surface area contributed by atoms with Crippen LogP contribution in [0.25, 0.3) is 0 Å². The molecule has 136 valence electrons. The van der Waals surface area contributed by atoms with Crippen molar-refractivity contribution in [2.45, 2.75) is 57.3 Å². The summed E-state index contributed by atoms with van der Waals surface area (Å²) in [6, 6.07) is 0. The zero-order valence-corrected chi connectivity index (χ0v) is 14.7. The molecule has 0 N–H and O–H groups in total. The van der Waals surface area contributed by atoms with E-state index < -0.39 is 0 Å². The van der Waals surface area contributed by atoms with Gasteiger partial charge in [0.2, 0.25) is 0 Å². The molecular formula is C20H26O5. The fraction of sp³-hybridized carbons (Fsp3) is 0.800. The van der Waals surface area contributed by atoms with Gasteiger partial charge in [-0.25, -0.2) is 4.79 Å². The Bertz CT molecular complexity index is 624. The highest BCUT2D eigenvalue weighted by Gasteiger charge is 2.59. The Morgan fingerprint density at radius 3 is 2.64 bits per heavy atom. The minimum absolute atomic E-state index is 0.00190. The Balaban J connectivity index is 0.000000121. The normalized spacial score (nSPS) is 49.8. The van der Waals surface area contributed by atoms with Crippen LogP contribution in [0.4, 0.5) is 0 Å². The van der Waals surface area contributed by atoms with Gasteiger partial charge in [-0.15, -0.1) is 0 Å². The van der Waals surface area contributed by atoms with Crippen molar-refractivity contribution in [1.29, 1.82) is 0 Å². The highest BCUT2D eigenvalue weighted by molar-refractivity contribution is 5.87. The Hall–Kier alpha value is -1.36. The number of hydrogen-bond donors (Lipinski definition) is 0. The van der Waals surface area contributed by atoms with E-state index in [9.17, 15) is 9.59 Å². The number of esters is 2. The molecule has 9 unspecified atom stereocenters. The molecule has 9 atom stereocenters. The van der Waals surface area contributed by atoms with Gasteiger partial charge < -0.3 is 14.2 Å². The smallest absolute Gasteiger partial charge is 0.333 e. The lowest BCUT2D eigenvalue weighted by Crippen LogP contribution is -2.36. The first kappa shape index (κ1) is 15.9. The molecular weight excluding hydrogens is 320 g/mol. The van der Waals surface area contributed by atoms with Crippen molar-refractivity contribution in [2.24, 2.45) is 35.5 Å². The first-order valence-electron chi connectivity index (χ1n) is 9.70. The molecule has 2 aliphatic heterocycles. The summed E-state index contributed by atoms with van der Waals surface area (Å²) >= 11 is 0. The summed E-state index contributed by atoms with van der Waals surface area (Å²) in [7, 11) is 0. The van der Waals surface area contributed by atoms with Gasteiger partial charge in [-0.2, -0.15) is 0 Å². The second-order valence-corrected chi connectivity index (χ2v) is 8.92. The Morgan fingerprint density at radius 1 is 1.12 bits per heavy atom. The van der Waals surface area contributed by atoms with E-state index in [0.29, 0.717) is 35.3 Å². The van der Waals surface area contributed by atoms with Gasteiger partial charge in [0, 0.05) is 11.5 Å². The molecule has 5 nitrogen and oxygen atoms in total. The van der Waals surface area contributed by atoms with Crippen LogP contribution in [0.5, 0.6) is 0 Å². The topological polar surface area (TPSA) is 61.8 Å². The average Bonchev–Trinajstić information content (AvgIpc) is 3.33. The van der Waals surface area contributed by atoms with Crippen LogP contribution in [-0.2, 0) is 23.8 Å². The minimum atomic E-state index is -0.264. The van der Waals surface area contributed by atoms with Crippen molar-refractivity contribution >= 4 is 11.9 Å². The van der Waals surface area contributed by atoms with Gasteiger partial charge in [-0.05, 0) is 62.7 Å².